The molecule has 5 aromatic rings. The average molecular weight is 744 g/mol. The number of fused-ring (bicyclic) bond motifs is 4. The topological polar surface area (TPSA) is 96.1 Å². The minimum absolute atomic E-state index is 0.0625. The Kier molecular flexibility index (Phi) is 8.36. The van der Waals surface area contributed by atoms with Crippen molar-refractivity contribution in [1.29, 1.82) is 5.26 Å². The molecular formula is C39H37Cl2FN6O2S. The number of hydrogen-bond acceptors (Lipinski definition) is 7. The second-order valence-electron chi connectivity index (χ2n) is 14.6. The standard InChI is InChI=1S/C39H37Cl2FN6O2S/c1-19-27-14-32(31-13-24(17-47(31)39(49)21-8-9-21)50-18-25-16-44-20(2)51-25)48(37-23-12-30(37)45-15-23)38(27)28-11-22(5-4-10-43)33(35(42)36(28)46-19)26-6-3-7-29(40)34(26)41/h3,6-7,11,14,16,21,23-24,30-31,37,45H,4-5,8-9,12-13,15,17-18H2,1-2H3/t23-,24+,30-,31-,37+/m1/s1. The van der Waals surface area contributed by atoms with Crippen molar-refractivity contribution in [1.82, 2.24) is 24.8 Å². The Balaban J connectivity index is 1.23. The van der Waals surface area contributed by atoms with Crippen LogP contribution in [-0.2, 0) is 22.6 Å². The van der Waals surface area contributed by atoms with Gasteiger partial charge in [-0.05, 0) is 69.2 Å². The summed E-state index contributed by atoms with van der Waals surface area (Å²) >= 11 is 14.7. The summed E-state index contributed by atoms with van der Waals surface area (Å²) in [6.45, 7) is 5.84. The van der Waals surface area contributed by atoms with E-state index in [1.54, 1.807) is 29.5 Å². The van der Waals surface area contributed by atoms with Crippen molar-refractivity contribution in [2.24, 2.45) is 11.8 Å². The maximum Gasteiger partial charge on any atom is 0.226 e. The fraction of sp³-hybridized carbons (Fsp3) is 0.436. The Morgan fingerprint density at radius 3 is 2.75 bits per heavy atom. The first-order valence-electron chi connectivity index (χ1n) is 17.8. The highest BCUT2D eigenvalue weighted by molar-refractivity contribution is 7.11. The van der Waals surface area contributed by atoms with E-state index in [1.807, 2.05) is 26.1 Å². The molecular weight excluding hydrogens is 706 g/mol. The van der Waals surface area contributed by atoms with E-state index in [-0.39, 0.29) is 53.0 Å². The zero-order valence-corrected chi connectivity index (χ0v) is 30.7. The molecule has 2 aliphatic carbocycles. The van der Waals surface area contributed by atoms with Gasteiger partial charge in [-0.15, -0.1) is 11.3 Å². The van der Waals surface area contributed by atoms with Crippen LogP contribution in [0.4, 0.5) is 4.39 Å². The molecule has 3 aromatic heterocycles. The number of nitrogens with one attached hydrogen (secondary N) is 1. The first kappa shape index (κ1) is 33.3. The van der Waals surface area contributed by atoms with Crippen LogP contribution in [0.25, 0.3) is 32.9 Å². The van der Waals surface area contributed by atoms with Crippen LogP contribution in [0.3, 0.4) is 0 Å². The highest BCUT2D eigenvalue weighted by Gasteiger charge is 2.51. The third kappa shape index (κ3) is 5.55. The van der Waals surface area contributed by atoms with Crippen molar-refractivity contribution in [3.05, 3.63) is 79.2 Å². The molecule has 5 atom stereocenters. The summed E-state index contributed by atoms with van der Waals surface area (Å²) < 4.78 is 26.1. The molecule has 6 heterocycles. The van der Waals surface area contributed by atoms with Crippen molar-refractivity contribution in [3.8, 4) is 17.2 Å². The molecule has 0 spiro atoms. The molecule has 2 bridgehead atoms. The molecule has 10 rings (SSSR count). The number of aryl methyl sites for hydroxylation is 3. The van der Waals surface area contributed by atoms with E-state index >= 15 is 4.39 Å². The number of nitrogens with zero attached hydrogens (tertiary/aromatic N) is 5. The van der Waals surface area contributed by atoms with Crippen molar-refractivity contribution < 1.29 is 13.9 Å². The Bertz CT molecular complexity index is 2260. The number of halogens is 3. The number of aromatic nitrogens is 3. The van der Waals surface area contributed by atoms with Gasteiger partial charge in [-0.25, -0.2) is 14.4 Å². The molecule has 5 fully saturated rings. The molecule has 0 radical (unpaired) electrons. The third-order valence-electron chi connectivity index (χ3n) is 11.4. The number of likely N-dealkylation sites (tertiary alicyclic amines) is 1. The lowest BCUT2D eigenvalue weighted by Gasteiger charge is -2.39. The maximum atomic E-state index is 17.2. The van der Waals surface area contributed by atoms with E-state index in [1.165, 1.54) is 0 Å². The van der Waals surface area contributed by atoms with Gasteiger partial charge in [0.25, 0.3) is 0 Å². The van der Waals surface area contributed by atoms with Crippen LogP contribution in [0.5, 0.6) is 0 Å². The smallest absolute Gasteiger partial charge is 0.226 e. The van der Waals surface area contributed by atoms with Gasteiger partial charge < -0.3 is 19.5 Å². The van der Waals surface area contributed by atoms with Crippen molar-refractivity contribution >= 4 is 62.3 Å². The first-order valence-corrected chi connectivity index (χ1v) is 19.3. The molecule has 262 valence electrons. The molecule has 3 aliphatic heterocycles. The van der Waals surface area contributed by atoms with Crippen LogP contribution >= 0.6 is 34.5 Å². The summed E-state index contributed by atoms with van der Waals surface area (Å²) in [4.78, 5) is 26.4. The van der Waals surface area contributed by atoms with Gasteiger partial charge in [-0.3, -0.25) is 4.79 Å². The van der Waals surface area contributed by atoms with Crippen LogP contribution in [0, 0.1) is 42.8 Å². The third-order valence-corrected chi connectivity index (χ3v) is 13.1. The van der Waals surface area contributed by atoms with Crippen LogP contribution in [0.2, 0.25) is 10.0 Å². The van der Waals surface area contributed by atoms with Crippen LogP contribution in [-0.4, -0.2) is 50.6 Å². The van der Waals surface area contributed by atoms with Gasteiger partial charge >= 0.3 is 0 Å². The van der Waals surface area contributed by atoms with E-state index in [4.69, 9.17) is 32.9 Å². The zero-order valence-electron chi connectivity index (χ0n) is 28.4. The summed E-state index contributed by atoms with van der Waals surface area (Å²) in [6.07, 6.45) is 5.89. The molecule has 2 saturated carbocycles. The summed E-state index contributed by atoms with van der Waals surface area (Å²) in [5.41, 5.74) is 4.45. The lowest BCUT2D eigenvalue weighted by atomic mass is 9.79. The molecule has 1 N–H and O–H groups in total. The number of ether oxygens (including phenoxy) is 1. The Morgan fingerprint density at radius 2 is 2.04 bits per heavy atom. The summed E-state index contributed by atoms with van der Waals surface area (Å²) in [5.74, 6) is 0.207. The van der Waals surface area contributed by atoms with Crippen LogP contribution in [0.15, 0.2) is 36.5 Å². The molecule has 12 heteroatoms. The summed E-state index contributed by atoms with van der Waals surface area (Å²) in [5, 5.41) is 16.6. The maximum absolute atomic E-state index is 17.2. The predicted octanol–water partition coefficient (Wildman–Crippen LogP) is 8.63. The van der Waals surface area contributed by atoms with Gasteiger partial charge in [0.2, 0.25) is 5.91 Å². The number of carbonyl (C=O) groups excluding carboxylic acids is 1. The first-order chi connectivity index (χ1) is 24.7. The zero-order chi connectivity index (χ0) is 35.1. The van der Waals surface area contributed by atoms with Gasteiger partial charge in [-0.1, -0.05) is 35.3 Å². The number of rotatable bonds is 9. The number of carbonyl (C=O) groups is 1. The van der Waals surface area contributed by atoms with Crippen LogP contribution < -0.4 is 5.32 Å². The predicted molar refractivity (Wildman–Crippen MR) is 197 cm³/mol. The summed E-state index contributed by atoms with van der Waals surface area (Å²) in [7, 11) is 0. The van der Waals surface area contributed by atoms with E-state index in [0.717, 1.165) is 58.0 Å². The minimum atomic E-state index is -0.475. The molecule has 3 saturated heterocycles. The number of nitriles is 1. The average Bonchev–Trinajstić information content (AvgIpc) is 3.55. The number of hydrogen-bond donors (Lipinski definition) is 1. The molecule has 5 aliphatic rings. The van der Waals surface area contributed by atoms with Gasteiger partial charge in [0, 0.05) is 77.4 Å². The van der Waals surface area contributed by atoms with Gasteiger partial charge in [0.05, 0.1) is 56.3 Å². The van der Waals surface area contributed by atoms with Gasteiger partial charge in [-0.2, -0.15) is 5.26 Å². The monoisotopic (exact) mass is 742 g/mol. The van der Waals surface area contributed by atoms with Crippen molar-refractivity contribution in [3.63, 3.8) is 0 Å². The molecule has 2 aromatic carbocycles. The number of thiazole rings is 1. The van der Waals surface area contributed by atoms with E-state index in [2.05, 4.69) is 31.9 Å². The number of benzene rings is 2. The molecule has 0 unspecified atom stereocenters. The van der Waals surface area contributed by atoms with Crippen molar-refractivity contribution in [2.75, 3.05) is 13.1 Å². The van der Waals surface area contributed by atoms with E-state index in [9.17, 15) is 10.1 Å². The summed E-state index contributed by atoms with van der Waals surface area (Å²) in [6, 6.07) is 11.9. The lowest BCUT2D eigenvalue weighted by Crippen LogP contribution is -2.41. The number of pyridine rings is 1. The number of amides is 1. The molecule has 51 heavy (non-hydrogen) atoms. The van der Waals surface area contributed by atoms with E-state index in [0.29, 0.717) is 59.0 Å². The highest BCUT2D eigenvalue weighted by atomic mass is 35.5. The highest BCUT2D eigenvalue weighted by Crippen LogP contribution is 2.51. The minimum Gasteiger partial charge on any atom is -0.371 e. The fourth-order valence-electron chi connectivity index (χ4n) is 8.78. The van der Waals surface area contributed by atoms with Crippen LogP contribution in [0.1, 0.15) is 71.0 Å². The fourth-order valence-corrected chi connectivity index (χ4v) is 9.89. The molecule has 8 nitrogen and oxygen atoms in total. The van der Waals surface area contributed by atoms with Gasteiger partial charge in [0.1, 0.15) is 5.52 Å². The van der Waals surface area contributed by atoms with E-state index < -0.39 is 5.82 Å². The molecule has 1 amide bonds. The lowest BCUT2D eigenvalue weighted by molar-refractivity contribution is -0.134. The second kappa shape index (κ2) is 12.8. The quantitative estimate of drug-likeness (QED) is 0.163. The van der Waals surface area contributed by atoms with Crippen molar-refractivity contribution in [2.45, 2.75) is 83.2 Å². The Labute approximate surface area is 309 Å². The SMILES string of the molecule is Cc1ncc(CO[C@H]2C[C@H](c3cc4c(C)nc5c(F)c(-c6cccc(Cl)c6Cl)c(CCC#N)cc5c4n3[C@H]3[C@H]4CN[C@@H]3C4)N(C(=O)C3CC3)C2)s1. The Hall–Kier alpha value is -3.59. The normalized spacial score (nSPS) is 24.1. The Morgan fingerprint density at radius 1 is 1.20 bits per heavy atom. The van der Waals surface area contributed by atoms with Gasteiger partial charge in [0.15, 0.2) is 5.82 Å². The largest absolute Gasteiger partial charge is 0.371 e. The second-order valence-corrected chi connectivity index (χ2v) is 16.7.